The number of hydrogen-bond acceptors (Lipinski definition) is 6. The fourth-order valence-corrected chi connectivity index (χ4v) is 1.65. The van der Waals surface area contributed by atoms with Crippen molar-refractivity contribution in [3.63, 3.8) is 0 Å². The lowest BCUT2D eigenvalue weighted by Gasteiger charge is -2.08. The Kier molecular flexibility index (Phi) is 8.81. The molecule has 0 aliphatic heterocycles. The summed E-state index contributed by atoms with van der Waals surface area (Å²) in [4.78, 5) is 43.7. The molecule has 0 radical (unpaired) electrons. The van der Waals surface area contributed by atoms with Crippen LogP contribution in [0.5, 0.6) is 5.75 Å². The molecule has 2 N–H and O–H groups in total. The predicted octanol–water partition coefficient (Wildman–Crippen LogP) is 2.99. The molecule has 0 amide bonds. The lowest BCUT2D eigenvalue weighted by molar-refractivity contribution is -0.140. The van der Waals surface area contributed by atoms with E-state index in [0.717, 1.165) is 0 Å². The SMILES string of the molecule is CC(C)C(=O)CC(=O)O.CC(C)C(=O)c1c(O)cc(C(C)C)oc1=O. The highest BCUT2D eigenvalue weighted by atomic mass is 16.4. The van der Waals surface area contributed by atoms with Gasteiger partial charge < -0.3 is 14.6 Å². The Balaban J connectivity index is 0.000000547. The van der Waals surface area contributed by atoms with E-state index in [-0.39, 0.29) is 41.3 Å². The number of carboxylic acids is 1. The quantitative estimate of drug-likeness (QED) is 0.595. The van der Waals surface area contributed by atoms with Crippen LogP contribution in [0.1, 0.15) is 70.0 Å². The van der Waals surface area contributed by atoms with E-state index < -0.39 is 17.4 Å². The molecule has 1 aromatic heterocycles. The first kappa shape index (κ1) is 22.6. The van der Waals surface area contributed by atoms with Crippen LogP contribution in [0, 0.1) is 11.8 Å². The molecule has 0 unspecified atom stereocenters. The molecule has 0 bridgehead atoms. The van der Waals surface area contributed by atoms with Crippen molar-refractivity contribution < 1.29 is 29.0 Å². The molecule has 140 valence electrons. The second kappa shape index (κ2) is 9.76. The van der Waals surface area contributed by atoms with E-state index in [0.29, 0.717) is 5.76 Å². The van der Waals surface area contributed by atoms with Crippen molar-refractivity contribution in [2.24, 2.45) is 11.8 Å². The second-order valence-corrected chi connectivity index (χ2v) is 6.56. The van der Waals surface area contributed by atoms with Gasteiger partial charge in [-0.2, -0.15) is 0 Å². The zero-order valence-corrected chi connectivity index (χ0v) is 15.5. The summed E-state index contributed by atoms with van der Waals surface area (Å²) in [5.41, 5.74) is -1.01. The molecule has 0 saturated heterocycles. The first-order valence-electron chi connectivity index (χ1n) is 8.04. The monoisotopic (exact) mass is 354 g/mol. The molecule has 0 aliphatic rings. The van der Waals surface area contributed by atoms with Crippen LogP contribution in [-0.2, 0) is 9.59 Å². The summed E-state index contributed by atoms with van der Waals surface area (Å²) in [6, 6.07) is 1.34. The van der Waals surface area contributed by atoms with Crippen LogP contribution in [0.15, 0.2) is 15.3 Å². The van der Waals surface area contributed by atoms with Crippen LogP contribution in [0.2, 0.25) is 0 Å². The largest absolute Gasteiger partial charge is 0.507 e. The molecule has 25 heavy (non-hydrogen) atoms. The van der Waals surface area contributed by atoms with E-state index in [2.05, 4.69) is 0 Å². The topological polar surface area (TPSA) is 122 Å². The molecule has 1 rings (SSSR count). The Hall–Kier alpha value is -2.44. The Morgan fingerprint density at radius 1 is 1.04 bits per heavy atom. The molecular weight excluding hydrogens is 328 g/mol. The predicted molar refractivity (Wildman–Crippen MR) is 92.0 cm³/mol. The first-order chi connectivity index (χ1) is 11.4. The lowest BCUT2D eigenvalue weighted by atomic mass is 10.0. The Morgan fingerprint density at radius 2 is 1.56 bits per heavy atom. The average molecular weight is 354 g/mol. The van der Waals surface area contributed by atoms with E-state index in [1.165, 1.54) is 6.07 Å². The normalized spacial score (nSPS) is 10.6. The van der Waals surface area contributed by atoms with Gasteiger partial charge in [0.1, 0.15) is 29.3 Å². The van der Waals surface area contributed by atoms with Crippen LogP contribution in [0.4, 0.5) is 0 Å². The highest BCUT2D eigenvalue weighted by Crippen LogP contribution is 2.22. The molecule has 0 fully saturated rings. The second-order valence-electron chi connectivity index (χ2n) is 6.56. The molecule has 1 heterocycles. The number of rotatable bonds is 6. The third-order valence-electron chi connectivity index (χ3n) is 3.26. The van der Waals surface area contributed by atoms with Crippen LogP contribution in [0.25, 0.3) is 0 Å². The summed E-state index contributed by atoms with van der Waals surface area (Å²) < 4.78 is 4.99. The summed E-state index contributed by atoms with van der Waals surface area (Å²) in [6.45, 7) is 10.4. The molecule has 0 aliphatic carbocycles. The number of hydrogen-bond donors (Lipinski definition) is 2. The van der Waals surface area contributed by atoms with Gasteiger partial charge in [-0.25, -0.2) is 4.79 Å². The summed E-state index contributed by atoms with van der Waals surface area (Å²) in [6.07, 6.45) is -0.350. The molecule has 0 spiro atoms. The van der Waals surface area contributed by atoms with Crippen LogP contribution in [-0.4, -0.2) is 27.7 Å². The standard InChI is InChI=1S/C12H16O4.C6H10O3/c1-6(2)9-5-8(13)10(12(15)16-9)11(14)7(3)4;1-4(2)5(7)3-6(8)9/h5-7,13H,1-4H3;4H,3H2,1-2H3,(H,8,9). The fraction of sp³-hybridized carbons (Fsp3) is 0.556. The zero-order valence-electron chi connectivity index (χ0n) is 15.5. The minimum atomic E-state index is -1.05. The van der Waals surface area contributed by atoms with Gasteiger partial charge in [0.25, 0.3) is 0 Å². The van der Waals surface area contributed by atoms with E-state index in [9.17, 15) is 24.3 Å². The number of aliphatic carboxylic acids is 1. The van der Waals surface area contributed by atoms with Crippen molar-refractivity contribution in [1.29, 1.82) is 0 Å². The van der Waals surface area contributed by atoms with Crippen molar-refractivity contribution in [2.75, 3.05) is 0 Å². The van der Waals surface area contributed by atoms with Gasteiger partial charge in [0.15, 0.2) is 5.78 Å². The molecule has 0 aromatic carbocycles. The van der Waals surface area contributed by atoms with Crippen molar-refractivity contribution in [3.8, 4) is 5.75 Å². The maximum Gasteiger partial charge on any atom is 0.350 e. The highest BCUT2D eigenvalue weighted by Gasteiger charge is 2.21. The molecule has 7 heteroatoms. The highest BCUT2D eigenvalue weighted by molar-refractivity contribution is 5.99. The number of carboxylic acid groups (broad SMARTS) is 1. The Morgan fingerprint density at radius 3 is 1.84 bits per heavy atom. The minimum absolute atomic E-state index is 0.0122. The number of ketones is 2. The van der Waals surface area contributed by atoms with E-state index in [1.807, 2.05) is 13.8 Å². The van der Waals surface area contributed by atoms with Crippen molar-refractivity contribution in [2.45, 2.75) is 53.9 Å². The van der Waals surface area contributed by atoms with Crippen molar-refractivity contribution in [3.05, 3.63) is 27.8 Å². The van der Waals surface area contributed by atoms with Crippen LogP contribution >= 0.6 is 0 Å². The van der Waals surface area contributed by atoms with Gasteiger partial charge in [-0.3, -0.25) is 14.4 Å². The number of Topliss-reactive ketones (excluding diaryl/α,β-unsaturated/α-hetero) is 2. The Bertz CT molecular complexity index is 681. The van der Waals surface area contributed by atoms with Gasteiger partial charge in [-0.15, -0.1) is 0 Å². The summed E-state index contributed by atoms with van der Waals surface area (Å²) >= 11 is 0. The van der Waals surface area contributed by atoms with Gasteiger partial charge >= 0.3 is 11.6 Å². The average Bonchev–Trinajstić information content (AvgIpc) is 2.45. The van der Waals surface area contributed by atoms with E-state index in [4.69, 9.17) is 9.52 Å². The molecule has 1 aromatic rings. The van der Waals surface area contributed by atoms with Gasteiger partial charge in [0.2, 0.25) is 0 Å². The van der Waals surface area contributed by atoms with E-state index in [1.54, 1.807) is 27.7 Å². The van der Waals surface area contributed by atoms with Gasteiger partial charge in [0.05, 0.1) is 0 Å². The van der Waals surface area contributed by atoms with Crippen molar-refractivity contribution >= 4 is 17.5 Å². The zero-order chi connectivity index (χ0) is 19.9. The van der Waals surface area contributed by atoms with Gasteiger partial charge in [-0.05, 0) is 0 Å². The maximum absolute atomic E-state index is 11.6. The lowest BCUT2D eigenvalue weighted by Crippen LogP contribution is -2.19. The van der Waals surface area contributed by atoms with Crippen molar-refractivity contribution in [1.82, 2.24) is 0 Å². The third kappa shape index (κ3) is 7.32. The molecular formula is C18H26O7. The summed E-state index contributed by atoms with van der Waals surface area (Å²) in [5.74, 6) is -2.11. The molecule has 0 atom stereocenters. The third-order valence-corrected chi connectivity index (χ3v) is 3.26. The van der Waals surface area contributed by atoms with Gasteiger partial charge in [-0.1, -0.05) is 41.5 Å². The van der Waals surface area contributed by atoms with Gasteiger partial charge in [0, 0.05) is 23.8 Å². The summed E-state index contributed by atoms with van der Waals surface area (Å²) in [5, 5.41) is 17.8. The number of aromatic hydroxyl groups is 1. The summed E-state index contributed by atoms with van der Waals surface area (Å²) in [7, 11) is 0. The Labute approximate surface area is 146 Å². The molecule has 7 nitrogen and oxygen atoms in total. The number of carbonyl (C=O) groups is 3. The van der Waals surface area contributed by atoms with E-state index >= 15 is 0 Å². The van der Waals surface area contributed by atoms with Crippen LogP contribution in [0.3, 0.4) is 0 Å². The molecule has 0 saturated carbocycles. The first-order valence-corrected chi connectivity index (χ1v) is 8.04. The smallest absolute Gasteiger partial charge is 0.350 e. The van der Waals surface area contributed by atoms with Crippen LogP contribution < -0.4 is 5.63 Å². The maximum atomic E-state index is 11.6. The minimum Gasteiger partial charge on any atom is -0.507 e. The number of carbonyl (C=O) groups excluding carboxylic acids is 2. The fourth-order valence-electron chi connectivity index (χ4n) is 1.65.